The maximum atomic E-state index is 12.2. The summed E-state index contributed by atoms with van der Waals surface area (Å²) in [5, 5.41) is 7.77. The summed E-state index contributed by atoms with van der Waals surface area (Å²) >= 11 is 3.24. The minimum atomic E-state index is -3.77. The molecule has 0 heterocycles. The first-order valence-corrected chi connectivity index (χ1v) is 12.0. The molecule has 8 nitrogen and oxygen atoms in total. The normalized spacial score (nSPS) is 13.1. The Bertz CT molecular complexity index is 1040. The molecule has 0 bridgehead atoms. The van der Waals surface area contributed by atoms with Gasteiger partial charge in [-0.25, -0.2) is 26.7 Å². The Labute approximate surface area is 172 Å². The number of carbonyl (C=O) groups excluding carboxylic acids is 1. The Balaban J connectivity index is 1.87. The van der Waals surface area contributed by atoms with Gasteiger partial charge in [0.05, 0.1) is 15.8 Å². The number of rotatable bonds is 8. The van der Waals surface area contributed by atoms with Crippen LogP contribution in [0.1, 0.15) is 24.9 Å². The van der Waals surface area contributed by atoms with E-state index in [4.69, 9.17) is 5.14 Å². The van der Waals surface area contributed by atoms with Crippen molar-refractivity contribution in [3.8, 4) is 0 Å². The Morgan fingerprint density at radius 1 is 1.00 bits per heavy atom. The summed E-state index contributed by atoms with van der Waals surface area (Å²) in [4.78, 5) is 12.1. The molecule has 1 atom stereocenters. The lowest BCUT2D eigenvalue weighted by Crippen LogP contribution is -2.32. The first-order chi connectivity index (χ1) is 13.0. The fourth-order valence-electron chi connectivity index (χ4n) is 2.34. The average Bonchev–Trinajstić information content (AvgIpc) is 2.61. The molecule has 0 aliphatic rings. The van der Waals surface area contributed by atoms with Gasteiger partial charge in [-0.1, -0.05) is 28.1 Å². The molecule has 0 aliphatic heterocycles. The van der Waals surface area contributed by atoms with E-state index in [9.17, 15) is 21.6 Å². The van der Waals surface area contributed by atoms with Gasteiger partial charge in [0.15, 0.2) is 0 Å². The van der Waals surface area contributed by atoms with Crippen molar-refractivity contribution in [1.29, 1.82) is 0 Å². The zero-order chi connectivity index (χ0) is 20.9. The second-order valence-corrected chi connectivity index (χ2v) is 10.2. The summed E-state index contributed by atoms with van der Waals surface area (Å²) in [5.41, 5.74) is 0.691. The predicted molar refractivity (Wildman–Crippen MR) is 108 cm³/mol. The lowest BCUT2D eigenvalue weighted by atomic mass is 10.1. The number of halogens is 1. The molecule has 2 aromatic rings. The quantitative estimate of drug-likeness (QED) is 0.517. The first kappa shape index (κ1) is 22.5. The number of sulfonamides is 2. The van der Waals surface area contributed by atoms with Gasteiger partial charge in [0.1, 0.15) is 0 Å². The molecular weight excluding hydrogens is 470 g/mol. The van der Waals surface area contributed by atoms with Crippen LogP contribution < -0.4 is 15.2 Å². The summed E-state index contributed by atoms with van der Waals surface area (Å²) in [6, 6.07) is 11.6. The number of amides is 1. The van der Waals surface area contributed by atoms with Crippen molar-refractivity contribution in [3.05, 3.63) is 58.6 Å². The van der Waals surface area contributed by atoms with Crippen molar-refractivity contribution >= 4 is 41.9 Å². The van der Waals surface area contributed by atoms with E-state index in [1.807, 2.05) is 0 Å². The highest BCUT2D eigenvalue weighted by Gasteiger charge is 2.15. The number of benzene rings is 2. The van der Waals surface area contributed by atoms with Crippen LogP contribution >= 0.6 is 15.9 Å². The fourth-order valence-corrected chi connectivity index (χ4v) is 4.15. The molecule has 28 heavy (non-hydrogen) atoms. The van der Waals surface area contributed by atoms with Crippen molar-refractivity contribution in [2.45, 2.75) is 29.2 Å². The second kappa shape index (κ2) is 9.14. The van der Waals surface area contributed by atoms with E-state index in [2.05, 4.69) is 26.0 Å². The summed E-state index contributed by atoms with van der Waals surface area (Å²) in [6.07, 6.45) is -0.0463. The number of primary sulfonamides is 1. The van der Waals surface area contributed by atoms with Crippen LogP contribution in [0.2, 0.25) is 0 Å². The van der Waals surface area contributed by atoms with E-state index >= 15 is 0 Å². The van der Waals surface area contributed by atoms with Gasteiger partial charge in [0, 0.05) is 17.4 Å². The molecule has 2 aromatic carbocycles. The summed E-state index contributed by atoms with van der Waals surface area (Å²) in [5.74, 6) is -0.346. The molecule has 1 amide bonds. The standard InChI is InChI=1S/C17H20BrN3O5S2/c1-12(13-2-6-15(7-3-13)27(19,23)24)21-17(22)10-11-20-28(25,26)16-8-4-14(18)5-9-16/h2-9,12,20H,10-11H2,1H3,(H,21,22)(H2,19,23,24). The van der Waals surface area contributed by atoms with Gasteiger partial charge in [-0.2, -0.15) is 0 Å². The SMILES string of the molecule is CC(NC(=O)CCNS(=O)(=O)c1ccc(Br)cc1)c1ccc(S(N)(=O)=O)cc1. The average molecular weight is 490 g/mol. The van der Waals surface area contributed by atoms with Crippen LogP contribution in [0, 0.1) is 0 Å². The van der Waals surface area contributed by atoms with E-state index in [-0.39, 0.29) is 34.7 Å². The van der Waals surface area contributed by atoms with Crippen LogP contribution in [0.15, 0.2) is 62.8 Å². The third kappa shape index (κ3) is 6.38. The Hall–Kier alpha value is -1.79. The number of nitrogens with one attached hydrogen (secondary N) is 2. The van der Waals surface area contributed by atoms with Crippen LogP contribution in [0.25, 0.3) is 0 Å². The van der Waals surface area contributed by atoms with Crippen LogP contribution in [0.5, 0.6) is 0 Å². The molecular formula is C17H20BrN3O5S2. The highest BCUT2D eigenvalue weighted by Crippen LogP contribution is 2.16. The molecule has 0 radical (unpaired) electrons. The first-order valence-electron chi connectivity index (χ1n) is 8.16. The van der Waals surface area contributed by atoms with Crippen LogP contribution in [-0.4, -0.2) is 29.3 Å². The van der Waals surface area contributed by atoms with Crippen molar-refractivity contribution in [3.63, 3.8) is 0 Å². The lowest BCUT2D eigenvalue weighted by molar-refractivity contribution is -0.121. The van der Waals surface area contributed by atoms with Gasteiger partial charge in [0.25, 0.3) is 0 Å². The molecule has 0 spiro atoms. The highest BCUT2D eigenvalue weighted by atomic mass is 79.9. The molecule has 1 unspecified atom stereocenters. The van der Waals surface area contributed by atoms with Crippen LogP contribution in [-0.2, 0) is 24.8 Å². The third-order valence-corrected chi connectivity index (χ3v) is 6.79. The summed E-state index contributed by atoms with van der Waals surface area (Å²) < 4.78 is 50.0. The Morgan fingerprint density at radius 2 is 1.54 bits per heavy atom. The fraction of sp³-hybridized carbons (Fsp3) is 0.235. The molecule has 152 valence electrons. The highest BCUT2D eigenvalue weighted by molar-refractivity contribution is 9.10. The predicted octanol–water partition coefficient (Wildman–Crippen LogP) is 1.64. The Kier molecular flexibility index (Phi) is 7.34. The van der Waals surface area contributed by atoms with Gasteiger partial charge in [-0.15, -0.1) is 0 Å². The lowest BCUT2D eigenvalue weighted by Gasteiger charge is -2.15. The Morgan fingerprint density at radius 3 is 2.07 bits per heavy atom. The number of carbonyl (C=O) groups is 1. The summed E-state index contributed by atoms with van der Waals surface area (Å²) in [6.45, 7) is 1.68. The van der Waals surface area contributed by atoms with Gasteiger partial charge < -0.3 is 5.32 Å². The monoisotopic (exact) mass is 489 g/mol. The van der Waals surface area contributed by atoms with E-state index < -0.39 is 20.0 Å². The molecule has 4 N–H and O–H groups in total. The largest absolute Gasteiger partial charge is 0.350 e. The van der Waals surface area contributed by atoms with E-state index in [1.54, 1.807) is 31.2 Å². The van der Waals surface area contributed by atoms with Crippen LogP contribution in [0.4, 0.5) is 0 Å². The molecule has 0 saturated carbocycles. The van der Waals surface area contributed by atoms with Gasteiger partial charge in [-0.05, 0) is 48.9 Å². The van der Waals surface area contributed by atoms with E-state index in [1.165, 1.54) is 24.3 Å². The minimum absolute atomic E-state index is 0.0166. The third-order valence-electron chi connectivity index (χ3n) is 3.85. The van der Waals surface area contributed by atoms with E-state index in [0.29, 0.717) is 5.56 Å². The van der Waals surface area contributed by atoms with E-state index in [0.717, 1.165) is 4.47 Å². The topological polar surface area (TPSA) is 135 Å². The number of hydrogen-bond donors (Lipinski definition) is 3. The molecule has 2 rings (SSSR count). The number of nitrogens with two attached hydrogens (primary N) is 1. The molecule has 0 saturated heterocycles. The maximum absolute atomic E-state index is 12.2. The van der Waals surface area contributed by atoms with Gasteiger partial charge in [-0.3, -0.25) is 4.79 Å². The zero-order valence-corrected chi connectivity index (χ0v) is 18.1. The van der Waals surface area contributed by atoms with Gasteiger partial charge in [0.2, 0.25) is 26.0 Å². The molecule has 0 fully saturated rings. The molecule has 11 heteroatoms. The van der Waals surface area contributed by atoms with Crippen molar-refractivity contribution in [1.82, 2.24) is 10.0 Å². The van der Waals surface area contributed by atoms with Crippen molar-refractivity contribution in [2.24, 2.45) is 5.14 Å². The summed E-state index contributed by atoms with van der Waals surface area (Å²) in [7, 11) is -7.47. The van der Waals surface area contributed by atoms with Crippen LogP contribution in [0.3, 0.4) is 0 Å². The van der Waals surface area contributed by atoms with Gasteiger partial charge >= 0.3 is 0 Å². The molecule has 0 aromatic heterocycles. The van der Waals surface area contributed by atoms with Crippen molar-refractivity contribution in [2.75, 3.05) is 6.54 Å². The zero-order valence-electron chi connectivity index (χ0n) is 14.9. The maximum Gasteiger partial charge on any atom is 0.240 e. The number of hydrogen-bond acceptors (Lipinski definition) is 5. The minimum Gasteiger partial charge on any atom is -0.350 e. The molecule has 0 aliphatic carbocycles. The van der Waals surface area contributed by atoms with Crippen molar-refractivity contribution < 1.29 is 21.6 Å². The smallest absolute Gasteiger partial charge is 0.240 e. The second-order valence-electron chi connectivity index (χ2n) is 6.00.